The molecule has 2 aromatic rings. The molecule has 3 rings (SSSR count). The zero-order chi connectivity index (χ0) is 29.0. The molecule has 2 heterocycles. The van der Waals surface area contributed by atoms with Crippen molar-refractivity contribution in [2.75, 3.05) is 36.4 Å². The molecule has 0 saturated carbocycles. The van der Waals surface area contributed by atoms with E-state index in [1.807, 2.05) is 0 Å². The number of carbonyl (C=O) groups is 3. The van der Waals surface area contributed by atoms with Gasteiger partial charge in [0.15, 0.2) is 11.5 Å². The molecule has 1 aliphatic heterocycles. The molecule has 0 saturated heterocycles. The van der Waals surface area contributed by atoms with Crippen LogP contribution in [0.1, 0.15) is 34.6 Å². The number of benzene rings is 1. The van der Waals surface area contributed by atoms with Crippen molar-refractivity contribution in [2.24, 2.45) is 0 Å². The summed E-state index contributed by atoms with van der Waals surface area (Å²) in [6.07, 6.45) is -0.163. The Hall–Kier alpha value is -4.01. The number of amides is 2. The topological polar surface area (TPSA) is 167 Å². The molecule has 214 valence electrons. The van der Waals surface area contributed by atoms with E-state index in [2.05, 4.69) is 20.5 Å². The van der Waals surface area contributed by atoms with Gasteiger partial charge in [0.25, 0.3) is 15.9 Å². The van der Waals surface area contributed by atoms with Gasteiger partial charge in [-0.25, -0.2) is 18.0 Å². The molecule has 0 fully saturated rings. The number of ether oxygens (including phenoxy) is 4. The maximum absolute atomic E-state index is 14.0. The summed E-state index contributed by atoms with van der Waals surface area (Å²) in [6.45, 7) is 7.89. The van der Waals surface area contributed by atoms with E-state index in [9.17, 15) is 22.8 Å². The number of hydrogen-bond acceptors (Lipinski definition) is 10. The monoisotopic (exact) mass is 567 g/mol. The third-order valence-electron chi connectivity index (χ3n) is 5.26. The van der Waals surface area contributed by atoms with Gasteiger partial charge in [-0.3, -0.25) is 19.1 Å². The lowest BCUT2D eigenvalue weighted by atomic mass is 10.2. The molecule has 2 N–H and O–H groups in total. The van der Waals surface area contributed by atoms with E-state index in [0.29, 0.717) is 6.54 Å². The molecule has 1 aromatic heterocycles. The van der Waals surface area contributed by atoms with Crippen LogP contribution >= 0.6 is 0 Å². The molecule has 0 aliphatic carbocycles. The number of carbonyl (C=O) groups excluding carboxylic acids is 3. The van der Waals surface area contributed by atoms with Crippen LogP contribution in [0, 0.1) is 0 Å². The highest BCUT2D eigenvalue weighted by atomic mass is 32.2. The van der Waals surface area contributed by atoms with Gasteiger partial charge in [-0.1, -0.05) is 0 Å². The van der Waals surface area contributed by atoms with Crippen molar-refractivity contribution in [2.45, 2.75) is 57.8 Å². The minimum absolute atomic E-state index is 0.0403. The Labute approximate surface area is 226 Å². The fraction of sp³-hybridized carbons (Fsp3) is 0.500. The third kappa shape index (κ3) is 7.52. The average Bonchev–Trinajstić information content (AvgIpc) is 3.28. The van der Waals surface area contributed by atoms with E-state index in [0.717, 1.165) is 4.31 Å². The molecule has 1 aromatic carbocycles. The number of aryl methyl sites for hydroxylation is 1. The highest BCUT2D eigenvalue weighted by Gasteiger charge is 2.38. The number of esters is 1. The Balaban J connectivity index is 2.03. The van der Waals surface area contributed by atoms with E-state index in [1.165, 1.54) is 43.1 Å². The SMILES string of the molecule is CCn1cc(S(=O)(=O)N2C[C@H](CNC(C)=O)Oc3ccc(NC(=O)OC(C)(C)C)cc32)c(OCC(=O)OC)n1. The van der Waals surface area contributed by atoms with E-state index in [4.69, 9.17) is 14.2 Å². The first-order valence-corrected chi connectivity index (χ1v) is 13.5. The Morgan fingerprint density at radius 2 is 1.95 bits per heavy atom. The van der Waals surface area contributed by atoms with E-state index >= 15 is 0 Å². The second-order valence-corrected chi connectivity index (χ2v) is 11.4. The van der Waals surface area contributed by atoms with Crippen LogP contribution in [0.25, 0.3) is 0 Å². The molecule has 0 bridgehead atoms. The normalized spacial score (nSPS) is 15.0. The van der Waals surface area contributed by atoms with Crippen LogP contribution in [0.3, 0.4) is 0 Å². The number of methoxy groups -OCH3 is 1. The van der Waals surface area contributed by atoms with Crippen LogP contribution in [-0.2, 0) is 35.6 Å². The van der Waals surface area contributed by atoms with Crippen LogP contribution in [0.4, 0.5) is 16.2 Å². The lowest BCUT2D eigenvalue weighted by molar-refractivity contribution is -0.143. The summed E-state index contributed by atoms with van der Waals surface area (Å²) in [5, 5.41) is 9.36. The fourth-order valence-corrected chi connectivity index (χ4v) is 5.11. The maximum atomic E-state index is 14.0. The quantitative estimate of drug-likeness (QED) is 0.427. The van der Waals surface area contributed by atoms with Gasteiger partial charge < -0.3 is 24.3 Å². The first-order valence-electron chi connectivity index (χ1n) is 12.1. The number of anilines is 2. The number of rotatable bonds is 9. The molecular formula is C24H33N5O9S. The molecule has 0 unspecified atom stereocenters. The molecule has 14 nitrogen and oxygen atoms in total. The van der Waals surface area contributed by atoms with E-state index < -0.39 is 40.4 Å². The first-order chi connectivity index (χ1) is 18.2. The Bertz CT molecular complexity index is 1330. The Morgan fingerprint density at radius 1 is 1.23 bits per heavy atom. The van der Waals surface area contributed by atoms with Crippen molar-refractivity contribution < 1.29 is 41.7 Å². The predicted molar refractivity (Wildman–Crippen MR) is 139 cm³/mol. The van der Waals surface area contributed by atoms with Gasteiger partial charge in [0.1, 0.15) is 17.5 Å². The third-order valence-corrected chi connectivity index (χ3v) is 7.02. The van der Waals surface area contributed by atoms with Crippen molar-refractivity contribution in [1.29, 1.82) is 0 Å². The lowest BCUT2D eigenvalue weighted by Crippen LogP contribution is -2.48. The maximum Gasteiger partial charge on any atom is 0.412 e. The molecule has 0 spiro atoms. The van der Waals surface area contributed by atoms with Crippen LogP contribution in [0.2, 0.25) is 0 Å². The summed E-state index contributed by atoms with van der Waals surface area (Å²) < 4.78 is 51.7. The van der Waals surface area contributed by atoms with Gasteiger partial charge in [-0.05, 0) is 45.9 Å². The van der Waals surface area contributed by atoms with Crippen LogP contribution in [0.5, 0.6) is 11.6 Å². The number of fused-ring (bicyclic) bond motifs is 1. The summed E-state index contributed by atoms with van der Waals surface area (Å²) in [7, 11) is -3.18. The van der Waals surface area contributed by atoms with Gasteiger partial charge in [-0.15, -0.1) is 5.10 Å². The standard InChI is InChI=1S/C24H33N5O9S/c1-7-28-13-20(22(27-28)36-14-21(31)35-6)39(33,34)29-12-17(11-25-15(2)30)37-19-9-8-16(10-18(19)29)26-23(32)38-24(3,4)5/h8-10,13,17H,7,11-12,14H2,1-6H3,(H,25,30)(H,26,32)/t17-/m0/s1. The van der Waals surface area contributed by atoms with Crippen molar-refractivity contribution in [3.05, 3.63) is 24.4 Å². The number of nitrogens with one attached hydrogen (secondary N) is 2. The second-order valence-electron chi connectivity index (χ2n) is 9.54. The molecule has 39 heavy (non-hydrogen) atoms. The summed E-state index contributed by atoms with van der Waals surface area (Å²) in [5.41, 5.74) is -0.349. The van der Waals surface area contributed by atoms with E-state index in [1.54, 1.807) is 27.7 Å². The van der Waals surface area contributed by atoms with Crippen LogP contribution in [0.15, 0.2) is 29.3 Å². The Morgan fingerprint density at radius 3 is 2.56 bits per heavy atom. The minimum atomic E-state index is -4.36. The Kier molecular flexibility index (Phi) is 8.94. The highest BCUT2D eigenvalue weighted by Crippen LogP contribution is 2.40. The summed E-state index contributed by atoms with van der Waals surface area (Å²) in [5.74, 6) is -1.10. The average molecular weight is 568 g/mol. The lowest BCUT2D eigenvalue weighted by Gasteiger charge is -2.35. The molecule has 15 heteroatoms. The summed E-state index contributed by atoms with van der Waals surface area (Å²) in [4.78, 5) is 35.2. The zero-order valence-electron chi connectivity index (χ0n) is 22.6. The van der Waals surface area contributed by atoms with Crippen molar-refractivity contribution in [3.63, 3.8) is 0 Å². The van der Waals surface area contributed by atoms with Crippen LogP contribution < -0.4 is 24.4 Å². The summed E-state index contributed by atoms with van der Waals surface area (Å²) >= 11 is 0. The van der Waals surface area contributed by atoms with Crippen LogP contribution in [-0.4, -0.2) is 74.7 Å². The van der Waals surface area contributed by atoms with Crippen molar-refractivity contribution >= 4 is 39.4 Å². The summed E-state index contributed by atoms with van der Waals surface area (Å²) in [6, 6.07) is 4.48. The van der Waals surface area contributed by atoms with Gasteiger partial charge in [0.05, 0.1) is 25.9 Å². The number of sulfonamides is 1. The van der Waals surface area contributed by atoms with Crippen molar-refractivity contribution in [3.8, 4) is 11.6 Å². The number of aromatic nitrogens is 2. The molecule has 1 atom stereocenters. The number of nitrogens with zero attached hydrogens (tertiary/aromatic N) is 3. The van der Waals surface area contributed by atoms with Gasteiger partial charge in [0.2, 0.25) is 5.91 Å². The second kappa shape index (κ2) is 11.8. The molecule has 1 aliphatic rings. The van der Waals surface area contributed by atoms with Gasteiger partial charge >= 0.3 is 12.1 Å². The van der Waals surface area contributed by atoms with Gasteiger partial charge in [0, 0.05) is 25.4 Å². The highest BCUT2D eigenvalue weighted by molar-refractivity contribution is 7.93. The molecule has 2 amide bonds. The van der Waals surface area contributed by atoms with Crippen molar-refractivity contribution in [1.82, 2.24) is 15.1 Å². The molecule has 0 radical (unpaired) electrons. The van der Waals surface area contributed by atoms with E-state index in [-0.39, 0.29) is 46.9 Å². The first kappa shape index (κ1) is 29.5. The largest absolute Gasteiger partial charge is 0.484 e. The van der Waals surface area contributed by atoms with Gasteiger partial charge in [-0.2, -0.15) is 0 Å². The zero-order valence-corrected chi connectivity index (χ0v) is 23.5. The number of hydrogen-bond donors (Lipinski definition) is 2. The minimum Gasteiger partial charge on any atom is -0.484 e. The fourth-order valence-electron chi connectivity index (χ4n) is 3.53. The molecular weight excluding hydrogens is 534 g/mol. The smallest absolute Gasteiger partial charge is 0.412 e. The predicted octanol–water partition coefficient (Wildman–Crippen LogP) is 1.89.